The summed E-state index contributed by atoms with van der Waals surface area (Å²) in [7, 11) is 1.75. The molecule has 118 valence electrons. The highest BCUT2D eigenvalue weighted by molar-refractivity contribution is 5.98. The first kappa shape index (κ1) is 14.5. The fourth-order valence-electron chi connectivity index (χ4n) is 2.85. The van der Waals surface area contributed by atoms with E-state index in [2.05, 4.69) is 0 Å². The second-order valence-corrected chi connectivity index (χ2v) is 5.68. The molecular formula is C20H16N2O2. The van der Waals surface area contributed by atoms with E-state index in [1.165, 1.54) is 0 Å². The van der Waals surface area contributed by atoms with Gasteiger partial charge in [0.25, 0.3) is 5.91 Å². The number of rotatable bonds is 2. The Morgan fingerprint density at radius 2 is 1.58 bits per heavy atom. The Labute approximate surface area is 140 Å². The smallest absolute Gasteiger partial charge is 0.264 e. The van der Waals surface area contributed by atoms with E-state index in [4.69, 9.17) is 9.72 Å². The van der Waals surface area contributed by atoms with Crippen LogP contribution in [0.5, 0.6) is 5.88 Å². The zero-order valence-corrected chi connectivity index (χ0v) is 13.3. The molecule has 0 spiro atoms. The monoisotopic (exact) mass is 316 g/mol. The number of amides is 1. The van der Waals surface area contributed by atoms with Gasteiger partial charge < -0.3 is 9.64 Å². The number of fused-ring (bicyclic) bond motifs is 1. The lowest BCUT2D eigenvalue weighted by molar-refractivity contribution is -0.121. The van der Waals surface area contributed by atoms with Gasteiger partial charge in [-0.25, -0.2) is 4.98 Å². The molecule has 2 heterocycles. The van der Waals surface area contributed by atoms with E-state index >= 15 is 0 Å². The van der Waals surface area contributed by atoms with Gasteiger partial charge in [0.05, 0.1) is 5.69 Å². The van der Waals surface area contributed by atoms with Gasteiger partial charge in [0.1, 0.15) is 5.69 Å². The van der Waals surface area contributed by atoms with Gasteiger partial charge in [0.2, 0.25) is 5.88 Å². The molecular weight excluding hydrogens is 300 g/mol. The number of benzene rings is 2. The summed E-state index contributed by atoms with van der Waals surface area (Å²) in [5, 5.41) is 0. The van der Waals surface area contributed by atoms with Crippen molar-refractivity contribution >= 4 is 11.6 Å². The van der Waals surface area contributed by atoms with Crippen LogP contribution in [0.4, 0.5) is 5.69 Å². The molecule has 0 saturated carbocycles. The van der Waals surface area contributed by atoms with E-state index < -0.39 is 0 Å². The molecule has 2 aromatic carbocycles. The first-order chi connectivity index (χ1) is 11.7. The van der Waals surface area contributed by atoms with Crippen LogP contribution in [0.15, 0.2) is 66.7 Å². The number of nitrogens with zero attached hydrogens (tertiary/aromatic N) is 2. The predicted octanol–water partition coefficient (Wildman–Crippen LogP) is 3.77. The van der Waals surface area contributed by atoms with Crippen molar-refractivity contribution in [2.45, 2.75) is 0 Å². The van der Waals surface area contributed by atoms with E-state index in [0.29, 0.717) is 11.6 Å². The van der Waals surface area contributed by atoms with Crippen molar-refractivity contribution in [1.29, 1.82) is 0 Å². The van der Waals surface area contributed by atoms with Gasteiger partial charge in [0, 0.05) is 18.2 Å². The number of likely N-dealkylation sites (N-methyl/N-ethyl adjacent to an activating group) is 1. The number of hydrogen-bond acceptors (Lipinski definition) is 3. The molecule has 1 aromatic heterocycles. The van der Waals surface area contributed by atoms with E-state index in [9.17, 15) is 4.79 Å². The summed E-state index contributed by atoms with van der Waals surface area (Å²) < 4.78 is 5.56. The molecule has 0 N–H and O–H groups in total. The van der Waals surface area contributed by atoms with Crippen LogP contribution in [0, 0.1) is 0 Å². The average Bonchev–Trinajstić information content (AvgIpc) is 2.65. The minimum absolute atomic E-state index is 0.0232. The Bertz CT molecular complexity index is 892. The molecule has 4 rings (SSSR count). The van der Waals surface area contributed by atoms with E-state index in [1.807, 2.05) is 66.7 Å². The molecule has 0 atom stereocenters. The largest absolute Gasteiger partial charge is 0.466 e. The van der Waals surface area contributed by atoms with Gasteiger partial charge in [-0.05, 0) is 11.6 Å². The summed E-state index contributed by atoms with van der Waals surface area (Å²) >= 11 is 0. The highest BCUT2D eigenvalue weighted by atomic mass is 16.5. The van der Waals surface area contributed by atoms with Gasteiger partial charge >= 0.3 is 0 Å². The zero-order chi connectivity index (χ0) is 16.5. The fourth-order valence-corrected chi connectivity index (χ4v) is 2.85. The maximum Gasteiger partial charge on any atom is 0.264 e. The molecule has 0 saturated heterocycles. The molecule has 3 aromatic rings. The van der Waals surface area contributed by atoms with E-state index in [-0.39, 0.29) is 12.5 Å². The standard InChI is InChI=1S/C20H16N2O2/c1-22-17-12-16(14-8-4-2-5-9-14)19(15-10-6-3-7-11-15)21-20(17)24-13-18(22)23/h2-12H,13H2,1H3. The van der Waals surface area contributed by atoms with Crippen molar-refractivity contribution in [2.75, 3.05) is 18.6 Å². The highest BCUT2D eigenvalue weighted by Crippen LogP contribution is 2.39. The van der Waals surface area contributed by atoms with Crippen LogP contribution in [0.1, 0.15) is 0 Å². The molecule has 0 fully saturated rings. The van der Waals surface area contributed by atoms with Crippen LogP contribution in [0.25, 0.3) is 22.4 Å². The molecule has 1 aliphatic rings. The lowest BCUT2D eigenvalue weighted by atomic mass is 9.98. The van der Waals surface area contributed by atoms with Crippen molar-refractivity contribution in [2.24, 2.45) is 0 Å². The molecule has 0 aliphatic carbocycles. The Kier molecular flexibility index (Phi) is 3.50. The van der Waals surface area contributed by atoms with Crippen molar-refractivity contribution in [1.82, 2.24) is 4.98 Å². The number of pyridine rings is 1. The summed E-state index contributed by atoms with van der Waals surface area (Å²) in [4.78, 5) is 18.3. The molecule has 24 heavy (non-hydrogen) atoms. The molecule has 4 nitrogen and oxygen atoms in total. The van der Waals surface area contributed by atoms with Crippen molar-refractivity contribution in [3.05, 3.63) is 66.7 Å². The summed E-state index contributed by atoms with van der Waals surface area (Å²) in [6.45, 7) is 0.0232. The van der Waals surface area contributed by atoms with Crippen LogP contribution < -0.4 is 9.64 Å². The molecule has 1 aliphatic heterocycles. The third-order valence-corrected chi connectivity index (χ3v) is 4.17. The number of carbonyl (C=O) groups excluding carboxylic acids is 1. The van der Waals surface area contributed by atoms with Crippen LogP contribution >= 0.6 is 0 Å². The Balaban J connectivity index is 1.97. The predicted molar refractivity (Wildman–Crippen MR) is 94.0 cm³/mol. The second kappa shape index (κ2) is 5.81. The maximum absolute atomic E-state index is 11.9. The van der Waals surface area contributed by atoms with Crippen LogP contribution in [-0.4, -0.2) is 24.5 Å². The van der Waals surface area contributed by atoms with Gasteiger partial charge in [0.15, 0.2) is 6.61 Å². The number of ether oxygens (including phenoxy) is 1. The number of aromatic nitrogens is 1. The van der Waals surface area contributed by atoms with Gasteiger partial charge in [-0.15, -0.1) is 0 Å². The molecule has 4 heteroatoms. The highest BCUT2D eigenvalue weighted by Gasteiger charge is 2.26. The van der Waals surface area contributed by atoms with E-state index in [0.717, 1.165) is 22.4 Å². The first-order valence-corrected chi connectivity index (χ1v) is 7.79. The van der Waals surface area contributed by atoms with Gasteiger partial charge in [-0.2, -0.15) is 0 Å². The molecule has 1 amide bonds. The topological polar surface area (TPSA) is 42.4 Å². The molecule has 0 unspecified atom stereocenters. The summed E-state index contributed by atoms with van der Waals surface area (Å²) in [6.07, 6.45) is 0. The zero-order valence-electron chi connectivity index (χ0n) is 13.3. The second-order valence-electron chi connectivity index (χ2n) is 5.68. The first-order valence-electron chi connectivity index (χ1n) is 7.79. The maximum atomic E-state index is 11.9. The number of anilines is 1. The van der Waals surface area contributed by atoms with Gasteiger partial charge in [-0.1, -0.05) is 60.7 Å². The number of carbonyl (C=O) groups is 1. The average molecular weight is 316 g/mol. The summed E-state index contributed by atoms with van der Waals surface area (Å²) in [6, 6.07) is 22.0. The van der Waals surface area contributed by atoms with Crippen molar-refractivity contribution in [3.63, 3.8) is 0 Å². The minimum atomic E-state index is -0.0734. The van der Waals surface area contributed by atoms with Crippen molar-refractivity contribution in [3.8, 4) is 28.3 Å². The summed E-state index contributed by atoms with van der Waals surface area (Å²) in [5.74, 6) is 0.423. The third-order valence-electron chi connectivity index (χ3n) is 4.17. The quantitative estimate of drug-likeness (QED) is 0.723. The summed E-state index contributed by atoms with van der Waals surface area (Å²) in [5.41, 5.74) is 4.60. The van der Waals surface area contributed by atoms with Crippen LogP contribution in [0.2, 0.25) is 0 Å². The Hall–Kier alpha value is -3.14. The fraction of sp³-hybridized carbons (Fsp3) is 0.100. The lowest BCUT2D eigenvalue weighted by Gasteiger charge is -2.26. The van der Waals surface area contributed by atoms with Crippen LogP contribution in [0.3, 0.4) is 0 Å². The van der Waals surface area contributed by atoms with Gasteiger partial charge in [-0.3, -0.25) is 4.79 Å². The Morgan fingerprint density at radius 3 is 2.25 bits per heavy atom. The Morgan fingerprint density at radius 1 is 0.958 bits per heavy atom. The SMILES string of the molecule is CN1C(=O)COc2nc(-c3ccccc3)c(-c3ccccc3)cc21. The minimum Gasteiger partial charge on any atom is -0.466 e. The molecule has 0 radical (unpaired) electrons. The lowest BCUT2D eigenvalue weighted by Crippen LogP contribution is -2.35. The van der Waals surface area contributed by atoms with Crippen molar-refractivity contribution < 1.29 is 9.53 Å². The number of hydrogen-bond donors (Lipinski definition) is 0. The molecule has 0 bridgehead atoms. The normalized spacial score (nSPS) is 13.4. The van der Waals surface area contributed by atoms with E-state index in [1.54, 1.807) is 11.9 Å². The third kappa shape index (κ3) is 2.42. The van der Waals surface area contributed by atoms with Crippen LogP contribution in [-0.2, 0) is 4.79 Å².